The molecule has 0 N–H and O–H groups in total. The standard InChI is InChI=1S/C23H19ClN4O3S/c1-14-12-15(2)27-23(26-14)31-19-10-6-17(7-11-19)22-25-13-20(32(3,29)30)21(28-22)16-4-8-18(24)9-5-16/h4-13H,1-3H3. The maximum atomic E-state index is 12.3. The molecule has 0 spiro atoms. The summed E-state index contributed by atoms with van der Waals surface area (Å²) in [5.74, 6) is 0.945. The maximum absolute atomic E-state index is 12.3. The van der Waals surface area contributed by atoms with Crippen LogP contribution in [-0.4, -0.2) is 34.6 Å². The van der Waals surface area contributed by atoms with E-state index in [0.717, 1.165) is 17.6 Å². The van der Waals surface area contributed by atoms with Gasteiger partial charge >= 0.3 is 6.01 Å². The maximum Gasteiger partial charge on any atom is 0.322 e. The van der Waals surface area contributed by atoms with Crippen molar-refractivity contribution >= 4 is 21.4 Å². The molecule has 9 heteroatoms. The molecule has 32 heavy (non-hydrogen) atoms. The number of benzene rings is 2. The van der Waals surface area contributed by atoms with Gasteiger partial charge in [-0.1, -0.05) is 23.7 Å². The van der Waals surface area contributed by atoms with E-state index in [1.165, 1.54) is 6.20 Å². The van der Waals surface area contributed by atoms with Crippen LogP contribution < -0.4 is 4.74 Å². The zero-order valence-corrected chi connectivity index (χ0v) is 19.1. The van der Waals surface area contributed by atoms with Crippen LogP contribution in [0.3, 0.4) is 0 Å². The fraction of sp³-hybridized carbons (Fsp3) is 0.130. The zero-order chi connectivity index (χ0) is 22.9. The predicted molar refractivity (Wildman–Crippen MR) is 123 cm³/mol. The van der Waals surface area contributed by atoms with E-state index in [2.05, 4.69) is 19.9 Å². The fourth-order valence-electron chi connectivity index (χ4n) is 3.11. The summed E-state index contributed by atoms with van der Waals surface area (Å²) in [6.45, 7) is 3.75. The molecular weight excluding hydrogens is 448 g/mol. The molecule has 0 aliphatic carbocycles. The molecule has 0 unspecified atom stereocenters. The number of rotatable bonds is 5. The number of sulfone groups is 1. The van der Waals surface area contributed by atoms with Gasteiger partial charge in [-0.2, -0.15) is 0 Å². The highest BCUT2D eigenvalue weighted by Crippen LogP contribution is 2.29. The number of ether oxygens (including phenoxy) is 1. The molecule has 0 fully saturated rings. The second-order valence-corrected chi connectivity index (χ2v) is 9.67. The van der Waals surface area contributed by atoms with Crippen LogP contribution in [0, 0.1) is 13.8 Å². The highest BCUT2D eigenvalue weighted by molar-refractivity contribution is 7.90. The van der Waals surface area contributed by atoms with Crippen molar-refractivity contribution in [2.75, 3.05) is 6.26 Å². The normalized spacial score (nSPS) is 11.4. The Morgan fingerprint density at radius 2 is 1.44 bits per heavy atom. The lowest BCUT2D eigenvalue weighted by molar-refractivity contribution is 0.439. The number of nitrogens with zero attached hydrogens (tertiary/aromatic N) is 4. The van der Waals surface area contributed by atoms with Crippen LogP contribution in [0.4, 0.5) is 0 Å². The molecule has 2 heterocycles. The van der Waals surface area contributed by atoms with Crippen molar-refractivity contribution in [3.8, 4) is 34.4 Å². The van der Waals surface area contributed by atoms with Crippen LogP contribution in [0.2, 0.25) is 5.02 Å². The van der Waals surface area contributed by atoms with Crippen LogP contribution in [0.5, 0.6) is 11.8 Å². The van der Waals surface area contributed by atoms with Gasteiger partial charge in [0, 0.05) is 33.8 Å². The Kier molecular flexibility index (Phi) is 5.90. The highest BCUT2D eigenvalue weighted by Gasteiger charge is 2.18. The van der Waals surface area contributed by atoms with E-state index in [1.54, 1.807) is 48.5 Å². The van der Waals surface area contributed by atoms with E-state index < -0.39 is 9.84 Å². The van der Waals surface area contributed by atoms with Gasteiger partial charge in [-0.25, -0.2) is 28.4 Å². The molecule has 0 saturated carbocycles. The molecule has 0 aliphatic heterocycles. The summed E-state index contributed by atoms with van der Waals surface area (Å²) in [5.41, 5.74) is 3.29. The first kappa shape index (κ1) is 21.9. The Hall–Kier alpha value is -3.36. The number of aromatic nitrogens is 4. The Morgan fingerprint density at radius 3 is 2.03 bits per heavy atom. The monoisotopic (exact) mass is 466 g/mol. The van der Waals surface area contributed by atoms with Crippen molar-refractivity contribution in [3.05, 3.63) is 77.2 Å². The first-order valence-electron chi connectivity index (χ1n) is 9.63. The molecule has 7 nitrogen and oxygen atoms in total. The molecule has 4 rings (SSSR count). The summed E-state index contributed by atoms with van der Waals surface area (Å²) >= 11 is 5.97. The number of aryl methyl sites for hydroxylation is 2. The van der Waals surface area contributed by atoms with Crippen LogP contribution in [0.1, 0.15) is 11.4 Å². The summed E-state index contributed by atoms with van der Waals surface area (Å²) in [4.78, 5) is 17.4. The second-order valence-electron chi connectivity index (χ2n) is 7.25. The summed E-state index contributed by atoms with van der Waals surface area (Å²) in [6.07, 6.45) is 2.46. The van der Waals surface area contributed by atoms with E-state index >= 15 is 0 Å². The molecule has 0 amide bonds. The molecule has 0 saturated heterocycles. The third-order valence-electron chi connectivity index (χ3n) is 4.56. The van der Waals surface area contributed by atoms with Crippen LogP contribution in [-0.2, 0) is 9.84 Å². The zero-order valence-electron chi connectivity index (χ0n) is 17.6. The topological polar surface area (TPSA) is 94.9 Å². The van der Waals surface area contributed by atoms with Crippen LogP contribution >= 0.6 is 11.6 Å². The van der Waals surface area contributed by atoms with E-state index in [4.69, 9.17) is 16.3 Å². The lowest BCUT2D eigenvalue weighted by Gasteiger charge is -2.10. The minimum atomic E-state index is -3.53. The Balaban J connectivity index is 1.69. The third kappa shape index (κ3) is 4.92. The average molecular weight is 467 g/mol. The predicted octanol–water partition coefficient (Wildman–Crippen LogP) is 5.07. The summed E-state index contributed by atoms with van der Waals surface area (Å²) < 4.78 is 30.3. The minimum Gasteiger partial charge on any atom is -0.424 e. The summed E-state index contributed by atoms with van der Waals surface area (Å²) in [7, 11) is -3.53. The van der Waals surface area contributed by atoms with Gasteiger partial charge in [0.15, 0.2) is 15.7 Å². The van der Waals surface area contributed by atoms with Gasteiger partial charge in [0.1, 0.15) is 10.6 Å². The summed E-state index contributed by atoms with van der Waals surface area (Å²) in [6, 6.07) is 16.1. The quantitative estimate of drug-likeness (QED) is 0.405. The van der Waals surface area contributed by atoms with E-state index in [9.17, 15) is 8.42 Å². The van der Waals surface area contributed by atoms with Gasteiger partial charge in [0.2, 0.25) is 0 Å². The van der Waals surface area contributed by atoms with E-state index in [1.807, 2.05) is 19.9 Å². The number of halogens is 1. The van der Waals surface area contributed by atoms with E-state index in [0.29, 0.717) is 33.4 Å². The Morgan fingerprint density at radius 1 is 0.844 bits per heavy atom. The van der Waals surface area contributed by atoms with Gasteiger partial charge in [-0.3, -0.25) is 0 Å². The lowest BCUT2D eigenvalue weighted by atomic mass is 10.1. The van der Waals surface area contributed by atoms with Gasteiger partial charge in [0.05, 0.1) is 11.9 Å². The molecule has 2 aromatic carbocycles. The van der Waals surface area contributed by atoms with Crippen molar-refractivity contribution in [1.82, 2.24) is 19.9 Å². The molecule has 0 aliphatic rings. The summed E-state index contributed by atoms with van der Waals surface area (Å²) in [5, 5.41) is 0.548. The van der Waals surface area contributed by atoms with Gasteiger partial charge < -0.3 is 4.74 Å². The van der Waals surface area contributed by atoms with E-state index in [-0.39, 0.29) is 10.9 Å². The highest BCUT2D eigenvalue weighted by atomic mass is 35.5. The molecule has 4 aromatic rings. The molecule has 2 aromatic heterocycles. The van der Waals surface area contributed by atoms with Gasteiger partial charge in [0.25, 0.3) is 0 Å². The number of hydrogen-bond donors (Lipinski definition) is 0. The Bertz CT molecular complexity index is 1370. The van der Waals surface area contributed by atoms with Crippen molar-refractivity contribution in [2.45, 2.75) is 18.7 Å². The third-order valence-corrected chi connectivity index (χ3v) is 5.91. The van der Waals surface area contributed by atoms with Crippen molar-refractivity contribution < 1.29 is 13.2 Å². The van der Waals surface area contributed by atoms with Crippen LogP contribution in [0.15, 0.2) is 65.7 Å². The smallest absolute Gasteiger partial charge is 0.322 e. The van der Waals surface area contributed by atoms with Crippen molar-refractivity contribution in [3.63, 3.8) is 0 Å². The average Bonchev–Trinajstić information content (AvgIpc) is 2.73. The van der Waals surface area contributed by atoms with Crippen molar-refractivity contribution in [2.24, 2.45) is 0 Å². The largest absolute Gasteiger partial charge is 0.424 e. The Labute approximate surface area is 191 Å². The molecule has 0 atom stereocenters. The SMILES string of the molecule is Cc1cc(C)nc(Oc2ccc(-c3ncc(S(C)(=O)=O)c(-c4ccc(Cl)cc4)n3)cc2)n1. The fourth-order valence-corrected chi connectivity index (χ4v) is 4.00. The first-order chi connectivity index (χ1) is 15.2. The van der Waals surface area contributed by atoms with Crippen molar-refractivity contribution in [1.29, 1.82) is 0 Å². The molecular formula is C23H19ClN4O3S. The van der Waals surface area contributed by atoms with Gasteiger partial charge in [-0.05, 0) is 56.3 Å². The molecule has 0 radical (unpaired) electrons. The lowest BCUT2D eigenvalue weighted by Crippen LogP contribution is -2.04. The van der Waals surface area contributed by atoms with Crippen LogP contribution in [0.25, 0.3) is 22.6 Å². The minimum absolute atomic E-state index is 0.0514. The first-order valence-corrected chi connectivity index (χ1v) is 11.9. The molecule has 0 bridgehead atoms. The number of hydrogen-bond acceptors (Lipinski definition) is 7. The molecule has 162 valence electrons. The van der Waals surface area contributed by atoms with Gasteiger partial charge in [-0.15, -0.1) is 0 Å². The second kappa shape index (κ2) is 8.64.